The molecule has 46 heavy (non-hydrogen) atoms. The Labute approximate surface area is 265 Å². The zero-order valence-electron chi connectivity index (χ0n) is 25.9. The van der Waals surface area contributed by atoms with Crippen molar-refractivity contribution in [1.82, 2.24) is 9.88 Å². The summed E-state index contributed by atoms with van der Waals surface area (Å²) in [5.74, 6) is -6.44. The predicted octanol–water partition coefficient (Wildman–Crippen LogP) is 6.51. The van der Waals surface area contributed by atoms with Gasteiger partial charge in [-0.3, -0.25) is 19.2 Å². The third-order valence-corrected chi connectivity index (χ3v) is 7.74. The summed E-state index contributed by atoms with van der Waals surface area (Å²) in [5, 5.41) is 5.29. The van der Waals surface area contributed by atoms with Gasteiger partial charge in [0.2, 0.25) is 5.78 Å². The van der Waals surface area contributed by atoms with Crippen LogP contribution in [0.4, 0.5) is 20.2 Å². The number of aryl methyl sites for hydroxylation is 2. The summed E-state index contributed by atoms with van der Waals surface area (Å²) in [6, 6.07) is 23.1. The monoisotopic (exact) mass is 624 g/mol. The molecule has 8 nitrogen and oxygen atoms in total. The highest BCUT2D eigenvalue weighted by Gasteiger charge is 2.41. The normalized spacial score (nSPS) is 14.8. The van der Waals surface area contributed by atoms with E-state index in [0.717, 1.165) is 17.1 Å². The van der Waals surface area contributed by atoms with Crippen molar-refractivity contribution in [3.05, 3.63) is 119 Å². The van der Waals surface area contributed by atoms with Crippen molar-refractivity contribution in [2.24, 2.45) is 0 Å². The van der Waals surface area contributed by atoms with Crippen LogP contribution in [0.5, 0.6) is 0 Å². The number of alkyl halides is 2. The van der Waals surface area contributed by atoms with E-state index in [4.69, 9.17) is 0 Å². The van der Waals surface area contributed by atoms with Gasteiger partial charge in [-0.1, -0.05) is 30.3 Å². The molecule has 236 valence electrons. The number of nitrogens with zero attached hydrogens (tertiary/aromatic N) is 2. The summed E-state index contributed by atoms with van der Waals surface area (Å²) in [6.07, 6.45) is -0.0920. The van der Waals surface area contributed by atoms with Gasteiger partial charge in [0, 0.05) is 58.9 Å². The maximum Gasteiger partial charge on any atom is 0.291 e. The first-order valence-corrected chi connectivity index (χ1v) is 14.9. The molecular formula is C36H34F2N4O4. The molecular weight excluding hydrogens is 590 g/mol. The second kappa shape index (κ2) is 12.9. The molecule has 0 atom stereocenters. The molecule has 4 aromatic rings. The average Bonchev–Trinajstić information content (AvgIpc) is 3.31. The number of para-hydroxylation sites is 2. The molecule has 0 saturated heterocycles. The van der Waals surface area contributed by atoms with Gasteiger partial charge in [0.05, 0.1) is 16.9 Å². The zero-order valence-corrected chi connectivity index (χ0v) is 25.9. The number of hydrogen-bond donors (Lipinski definition) is 2. The quantitative estimate of drug-likeness (QED) is 0.181. The lowest BCUT2D eigenvalue weighted by Gasteiger charge is -2.23. The molecule has 0 unspecified atom stereocenters. The van der Waals surface area contributed by atoms with Gasteiger partial charge in [-0.25, -0.2) is 8.78 Å². The number of halogens is 2. The number of fused-ring (bicyclic) bond motifs is 1. The summed E-state index contributed by atoms with van der Waals surface area (Å²) in [4.78, 5) is 53.1. The fourth-order valence-electron chi connectivity index (χ4n) is 5.52. The average molecular weight is 625 g/mol. The number of amides is 3. The molecule has 0 radical (unpaired) electrons. The molecule has 1 aliphatic rings. The summed E-state index contributed by atoms with van der Waals surface area (Å²) >= 11 is 0. The van der Waals surface area contributed by atoms with Crippen LogP contribution >= 0.6 is 0 Å². The molecule has 2 heterocycles. The predicted molar refractivity (Wildman–Crippen MR) is 174 cm³/mol. The smallest absolute Gasteiger partial charge is 0.291 e. The number of benzene rings is 3. The van der Waals surface area contributed by atoms with Gasteiger partial charge in [-0.05, 0) is 82.3 Å². The van der Waals surface area contributed by atoms with E-state index in [0.29, 0.717) is 17.3 Å². The van der Waals surface area contributed by atoms with Gasteiger partial charge in [0.15, 0.2) is 0 Å². The molecule has 3 aromatic carbocycles. The molecule has 3 amide bonds. The molecule has 2 N–H and O–H groups in total. The third kappa shape index (κ3) is 6.51. The first-order valence-electron chi connectivity index (χ1n) is 14.9. The van der Waals surface area contributed by atoms with Crippen LogP contribution in [0.2, 0.25) is 0 Å². The number of allylic oxidation sites excluding steroid dienone is 1. The van der Waals surface area contributed by atoms with E-state index in [1.165, 1.54) is 35.2 Å². The van der Waals surface area contributed by atoms with Crippen molar-refractivity contribution in [3.8, 4) is 5.69 Å². The van der Waals surface area contributed by atoms with Crippen LogP contribution in [-0.4, -0.2) is 46.6 Å². The largest absolute Gasteiger partial charge is 0.347 e. The lowest BCUT2D eigenvalue weighted by Crippen LogP contribution is -2.35. The topological polar surface area (TPSA) is 101 Å². The van der Waals surface area contributed by atoms with Crippen LogP contribution in [0.15, 0.2) is 91.0 Å². The highest BCUT2D eigenvalue weighted by atomic mass is 19.3. The minimum Gasteiger partial charge on any atom is -0.347 e. The van der Waals surface area contributed by atoms with Crippen molar-refractivity contribution in [2.75, 3.05) is 16.8 Å². The number of carbonyl (C=O) groups excluding carboxylic acids is 4. The van der Waals surface area contributed by atoms with Crippen molar-refractivity contribution in [1.29, 1.82) is 0 Å². The molecule has 5 rings (SSSR count). The number of carbonyl (C=O) groups is 4. The van der Waals surface area contributed by atoms with Gasteiger partial charge in [-0.15, -0.1) is 0 Å². The SMILES string of the molecule is Cc1ccc(C)n1-c1ccccc1C(=O)Nc1ccc(C(=O)N2CCC(F)(F)C(=CC(=O)C(=O)NC(C)C)c3ccccc32)cc1. The highest BCUT2D eigenvalue weighted by Crippen LogP contribution is 2.43. The van der Waals surface area contributed by atoms with Crippen LogP contribution in [-0.2, 0) is 9.59 Å². The Kier molecular flexibility index (Phi) is 9.00. The van der Waals surface area contributed by atoms with E-state index in [2.05, 4.69) is 10.6 Å². The second-order valence-corrected chi connectivity index (χ2v) is 11.5. The molecule has 0 saturated carbocycles. The Morgan fingerprint density at radius 3 is 2.09 bits per heavy atom. The van der Waals surface area contributed by atoms with Crippen molar-refractivity contribution in [2.45, 2.75) is 46.1 Å². The van der Waals surface area contributed by atoms with Crippen LogP contribution in [0.3, 0.4) is 0 Å². The fraction of sp³-hybridized carbons (Fsp3) is 0.222. The Balaban J connectivity index is 1.39. The minimum absolute atomic E-state index is 0.0141. The number of ketones is 1. The summed E-state index contributed by atoms with van der Waals surface area (Å²) in [6.45, 7) is 6.90. The Morgan fingerprint density at radius 2 is 1.43 bits per heavy atom. The highest BCUT2D eigenvalue weighted by molar-refractivity contribution is 6.42. The summed E-state index contributed by atoms with van der Waals surface area (Å²) < 4.78 is 33.0. The van der Waals surface area contributed by atoms with Crippen molar-refractivity contribution >= 4 is 40.5 Å². The van der Waals surface area contributed by atoms with E-state index in [-0.39, 0.29) is 35.3 Å². The lowest BCUT2D eigenvalue weighted by atomic mass is 9.96. The number of nitrogens with one attached hydrogen (secondary N) is 2. The van der Waals surface area contributed by atoms with Gasteiger partial charge in [-0.2, -0.15) is 0 Å². The number of rotatable bonds is 7. The van der Waals surface area contributed by atoms with Gasteiger partial charge in [0.1, 0.15) is 0 Å². The second-order valence-electron chi connectivity index (χ2n) is 11.5. The molecule has 1 aromatic heterocycles. The third-order valence-electron chi connectivity index (χ3n) is 7.74. The van der Waals surface area contributed by atoms with Crippen LogP contribution < -0.4 is 15.5 Å². The van der Waals surface area contributed by atoms with Crippen LogP contribution in [0.1, 0.15) is 57.9 Å². The van der Waals surface area contributed by atoms with Crippen LogP contribution in [0.25, 0.3) is 11.3 Å². The summed E-state index contributed by atoms with van der Waals surface area (Å²) in [7, 11) is 0. The Bertz CT molecular complexity index is 1840. The molecule has 0 spiro atoms. The fourth-order valence-corrected chi connectivity index (χ4v) is 5.52. The van der Waals surface area contributed by atoms with Gasteiger partial charge >= 0.3 is 0 Å². The molecule has 0 bridgehead atoms. The first-order chi connectivity index (χ1) is 21.9. The van der Waals surface area contributed by atoms with E-state index in [1.54, 1.807) is 44.2 Å². The summed E-state index contributed by atoms with van der Waals surface area (Å²) in [5.41, 5.74) is 3.40. The minimum atomic E-state index is -3.49. The van der Waals surface area contributed by atoms with Crippen molar-refractivity contribution < 1.29 is 28.0 Å². The number of anilines is 2. The van der Waals surface area contributed by atoms with E-state index in [1.807, 2.05) is 42.7 Å². The Morgan fingerprint density at radius 1 is 0.826 bits per heavy atom. The van der Waals surface area contributed by atoms with E-state index in [9.17, 15) is 19.2 Å². The molecule has 10 heteroatoms. The number of aromatic nitrogens is 1. The van der Waals surface area contributed by atoms with E-state index < -0.39 is 35.5 Å². The van der Waals surface area contributed by atoms with E-state index >= 15 is 8.78 Å². The maximum atomic E-state index is 15.5. The van der Waals surface area contributed by atoms with Crippen LogP contribution in [0, 0.1) is 13.8 Å². The maximum absolute atomic E-state index is 15.5. The molecule has 1 aliphatic heterocycles. The Hall–Kier alpha value is -5.38. The molecule has 0 aliphatic carbocycles. The van der Waals surface area contributed by atoms with Crippen molar-refractivity contribution in [3.63, 3.8) is 0 Å². The molecule has 0 fully saturated rings. The first kappa shape index (κ1) is 32.0. The van der Waals surface area contributed by atoms with Gasteiger partial charge < -0.3 is 20.1 Å². The zero-order chi connectivity index (χ0) is 33.2. The van der Waals surface area contributed by atoms with Gasteiger partial charge in [0.25, 0.3) is 23.6 Å². The number of hydrogen-bond acceptors (Lipinski definition) is 4. The lowest BCUT2D eigenvalue weighted by molar-refractivity contribution is -0.135. The standard InChI is InChI=1S/C36H34F2N4O4/c1-22(2)39-34(45)32(43)21-29-27-9-5-7-11-30(27)41(20-19-36(29,37)38)35(46)25-15-17-26(18-16-25)40-33(44)28-10-6-8-12-31(28)42-23(3)13-14-24(42)4/h5-18,21-22H,19-20H2,1-4H3,(H,39,45)(H,40,44).